The summed E-state index contributed by atoms with van der Waals surface area (Å²) in [6, 6.07) is 6.17. The van der Waals surface area contributed by atoms with Crippen LogP contribution in [0, 0.1) is 12.8 Å². The van der Waals surface area contributed by atoms with Gasteiger partial charge in [0.25, 0.3) is 5.56 Å². The Morgan fingerprint density at radius 3 is 2.74 bits per heavy atom. The van der Waals surface area contributed by atoms with Gasteiger partial charge in [-0.2, -0.15) is 0 Å². The number of hydrogen-bond acceptors (Lipinski definition) is 5. The van der Waals surface area contributed by atoms with Crippen LogP contribution in [-0.2, 0) is 13.0 Å². The number of carbonyl (C=O) groups is 1. The van der Waals surface area contributed by atoms with Crippen LogP contribution in [-0.4, -0.2) is 28.4 Å². The first-order valence-electron chi connectivity index (χ1n) is 9.28. The van der Waals surface area contributed by atoms with Crippen molar-refractivity contribution in [3.63, 3.8) is 0 Å². The van der Waals surface area contributed by atoms with Crippen molar-refractivity contribution < 1.29 is 4.79 Å². The molecule has 2 aromatic rings. The van der Waals surface area contributed by atoms with Crippen molar-refractivity contribution in [3.05, 3.63) is 55.7 Å². The van der Waals surface area contributed by atoms with Gasteiger partial charge in [0.2, 0.25) is 0 Å². The molecule has 0 unspecified atom stereocenters. The summed E-state index contributed by atoms with van der Waals surface area (Å²) >= 11 is 0. The van der Waals surface area contributed by atoms with Crippen molar-refractivity contribution in [2.75, 3.05) is 23.7 Å². The summed E-state index contributed by atoms with van der Waals surface area (Å²) in [5.74, 6) is -0.278. The maximum Gasteiger partial charge on any atom is 0.329 e. The molecule has 0 amide bonds. The van der Waals surface area contributed by atoms with Gasteiger partial charge < -0.3 is 10.6 Å². The Bertz CT molecular complexity index is 988. The minimum absolute atomic E-state index is 0.0522. The summed E-state index contributed by atoms with van der Waals surface area (Å²) in [6.45, 7) is 7.06. The Kier molecular flexibility index (Phi) is 5.21. The van der Waals surface area contributed by atoms with E-state index in [1.807, 2.05) is 37.8 Å². The fourth-order valence-electron chi connectivity index (χ4n) is 3.62. The van der Waals surface area contributed by atoms with Gasteiger partial charge in [-0.25, -0.2) is 4.79 Å². The van der Waals surface area contributed by atoms with Crippen molar-refractivity contribution in [2.45, 2.75) is 40.2 Å². The zero-order chi connectivity index (χ0) is 19.7. The van der Waals surface area contributed by atoms with Crippen LogP contribution >= 0.6 is 0 Å². The van der Waals surface area contributed by atoms with E-state index < -0.39 is 11.2 Å². The number of anilines is 2. The Morgan fingerprint density at radius 2 is 2.04 bits per heavy atom. The van der Waals surface area contributed by atoms with Crippen LogP contribution in [0.1, 0.15) is 41.8 Å². The fraction of sp³-hybridized carbons (Fsp3) is 0.450. The predicted molar refractivity (Wildman–Crippen MR) is 107 cm³/mol. The first kappa shape index (κ1) is 18.9. The lowest BCUT2D eigenvalue weighted by Gasteiger charge is -2.31. The lowest BCUT2D eigenvalue weighted by atomic mass is 9.99. The number of ketones is 1. The summed E-state index contributed by atoms with van der Waals surface area (Å²) in [7, 11) is 0. The SMILES string of the molecule is Cc1ccc2c(c1)CCCN2CC(=O)c1c(N)n(CC(C)C)c(=O)[nH]c1=O. The molecule has 1 aliphatic heterocycles. The number of hydrogen-bond donors (Lipinski definition) is 2. The highest BCUT2D eigenvalue weighted by molar-refractivity contribution is 6.02. The number of nitrogen functional groups attached to an aromatic ring is 1. The zero-order valence-corrected chi connectivity index (χ0v) is 16.0. The summed E-state index contributed by atoms with van der Waals surface area (Å²) in [6.07, 6.45) is 1.92. The molecule has 7 nitrogen and oxygen atoms in total. The molecule has 0 saturated heterocycles. The minimum Gasteiger partial charge on any atom is -0.384 e. The maximum atomic E-state index is 12.9. The smallest absolute Gasteiger partial charge is 0.329 e. The molecule has 0 aliphatic carbocycles. The number of carbonyl (C=O) groups excluding carboxylic acids is 1. The molecular weight excluding hydrogens is 344 g/mol. The molecule has 0 bridgehead atoms. The quantitative estimate of drug-likeness (QED) is 0.781. The standard InChI is InChI=1S/C20H26N4O3/c1-12(2)10-24-18(21)17(19(26)22-20(24)27)16(25)11-23-8-4-5-14-9-13(3)6-7-15(14)23/h6-7,9,12H,4-5,8,10-11,21H2,1-3H3,(H,22,26,27). The van der Waals surface area contributed by atoms with E-state index in [4.69, 9.17) is 5.73 Å². The molecule has 3 N–H and O–H groups in total. The van der Waals surface area contributed by atoms with Gasteiger partial charge in [0.15, 0.2) is 5.78 Å². The van der Waals surface area contributed by atoms with Gasteiger partial charge in [0, 0.05) is 18.8 Å². The molecule has 0 radical (unpaired) electrons. The third-order valence-electron chi connectivity index (χ3n) is 4.85. The van der Waals surface area contributed by atoms with Gasteiger partial charge in [-0.05, 0) is 37.3 Å². The first-order chi connectivity index (χ1) is 12.8. The average Bonchev–Trinajstić information content (AvgIpc) is 2.58. The third-order valence-corrected chi connectivity index (χ3v) is 4.85. The van der Waals surface area contributed by atoms with Gasteiger partial charge >= 0.3 is 5.69 Å². The van der Waals surface area contributed by atoms with E-state index in [0.29, 0.717) is 6.54 Å². The number of nitrogens with one attached hydrogen (secondary N) is 1. The van der Waals surface area contributed by atoms with Crippen LogP contribution in [0.25, 0.3) is 0 Å². The lowest BCUT2D eigenvalue weighted by Crippen LogP contribution is -2.40. The largest absolute Gasteiger partial charge is 0.384 e. The van der Waals surface area contributed by atoms with E-state index in [-0.39, 0.29) is 29.6 Å². The fourth-order valence-corrected chi connectivity index (χ4v) is 3.62. The van der Waals surface area contributed by atoms with E-state index in [9.17, 15) is 14.4 Å². The van der Waals surface area contributed by atoms with E-state index in [0.717, 1.165) is 25.1 Å². The van der Waals surface area contributed by atoms with Gasteiger partial charge in [0.1, 0.15) is 11.4 Å². The lowest BCUT2D eigenvalue weighted by molar-refractivity contribution is 0.0997. The van der Waals surface area contributed by atoms with Gasteiger partial charge in [-0.1, -0.05) is 31.5 Å². The van der Waals surface area contributed by atoms with Gasteiger partial charge in [-0.15, -0.1) is 0 Å². The van der Waals surface area contributed by atoms with Gasteiger partial charge in [-0.3, -0.25) is 19.1 Å². The second-order valence-electron chi connectivity index (χ2n) is 7.60. The molecule has 0 fully saturated rings. The Balaban J connectivity index is 1.94. The summed E-state index contributed by atoms with van der Waals surface area (Å²) in [4.78, 5) is 41.5. The molecule has 0 atom stereocenters. The van der Waals surface area contributed by atoms with Crippen molar-refractivity contribution in [2.24, 2.45) is 5.92 Å². The van der Waals surface area contributed by atoms with Crippen LogP contribution in [0.5, 0.6) is 0 Å². The van der Waals surface area contributed by atoms with Crippen molar-refractivity contribution in [3.8, 4) is 0 Å². The average molecular weight is 370 g/mol. The Morgan fingerprint density at radius 1 is 1.30 bits per heavy atom. The number of aromatic amines is 1. The molecule has 7 heteroatoms. The number of aromatic nitrogens is 2. The minimum atomic E-state index is -0.719. The van der Waals surface area contributed by atoms with Crippen LogP contribution < -0.4 is 21.9 Å². The van der Waals surface area contributed by atoms with Crippen molar-refractivity contribution >= 4 is 17.3 Å². The molecule has 3 rings (SSSR count). The van der Waals surface area contributed by atoms with E-state index >= 15 is 0 Å². The highest BCUT2D eigenvalue weighted by Gasteiger charge is 2.24. The number of aryl methyl sites for hydroxylation is 2. The summed E-state index contributed by atoms with van der Waals surface area (Å²) in [5.41, 5.74) is 8.04. The molecule has 0 spiro atoms. The van der Waals surface area contributed by atoms with Crippen molar-refractivity contribution in [1.82, 2.24) is 9.55 Å². The van der Waals surface area contributed by atoms with Crippen LogP contribution in [0.4, 0.5) is 11.5 Å². The molecule has 1 aromatic carbocycles. The maximum absolute atomic E-state index is 12.9. The Hall–Kier alpha value is -2.83. The molecule has 144 valence electrons. The van der Waals surface area contributed by atoms with E-state index in [1.54, 1.807) is 0 Å². The monoisotopic (exact) mass is 370 g/mol. The zero-order valence-electron chi connectivity index (χ0n) is 16.0. The summed E-state index contributed by atoms with van der Waals surface area (Å²) in [5, 5.41) is 0. The highest BCUT2D eigenvalue weighted by atomic mass is 16.2. The van der Waals surface area contributed by atoms with Crippen LogP contribution in [0.3, 0.4) is 0 Å². The second-order valence-corrected chi connectivity index (χ2v) is 7.60. The molecular formula is C20H26N4O3. The highest BCUT2D eigenvalue weighted by Crippen LogP contribution is 2.28. The number of fused-ring (bicyclic) bond motifs is 1. The number of nitrogens with two attached hydrogens (primary N) is 1. The second kappa shape index (κ2) is 7.42. The molecule has 0 saturated carbocycles. The topological polar surface area (TPSA) is 101 Å². The number of H-pyrrole nitrogens is 1. The van der Waals surface area contributed by atoms with Crippen molar-refractivity contribution in [1.29, 1.82) is 0 Å². The third kappa shape index (κ3) is 3.82. The van der Waals surface area contributed by atoms with E-state index in [1.165, 1.54) is 15.7 Å². The van der Waals surface area contributed by atoms with Crippen LogP contribution in [0.15, 0.2) is 27.8 Å². The predicted octanol–water partition coefficient (Wildman–Crippen LogP) is 1.72. The number of benzene rings is 1. The number of Topliss-reactive ketones (excluding diaryl/α,β-unsaturated/α-hetero) is 1. The summed E-state index contributed by atoms with van der Waals surface area (Å²) < 4.78 is 1.27. The Labute approximate surface area is 157 Å². The molecule has 2 heterocycles. The van der Waals surface area contributed by atoms with Gasteiger partial charge in [0.05, 0.1) is 6.54 Å². The number of rotatable bonds is 5. The number of nitrogens with zero attached hydrogens (tertiary/aromatic N) is 2. The first-order valence-corrected chi connectivity index (χ1v) is 9.28. The molecule has 27 heavy (non-hydrogen) atoms. The van der Waals surface area contributed by atoms with Crippen LogP contribution in [0.2, 0.25) is 0 Å². The van der Waals surface area contributed by atoms with E-state index in [2.05, 4.69) is 11.1 Å². The molecule has 1 aliphatic rings. The normalized spacial score (nSPS) is 13.7. The molecule has 1 aromatic heterocycles.